The van der Waals surface area contributed by atoms with E-state index in [-0.39, 0.29) is 5.91 Å². The lowest BCUT2D eigenvalue weighted by molar-refractivity contribution is -1.01. The van der Waals surface area contributed by atoms with Crippen LogP contribution in [0.2, 0.25) is 0 Å². The van der Waals surface area contributed by atoms with E-state index in [0.717, 1.165) is 49.2 Å². The van der Waals surface area contributed by atoms with Crippen LogP contribution in [0, 0.1) is 6.92 Å². The normalized spacial score (nSPS) is 19.9. The highest BCUT2D eigenvalue weighted by molar-refractivity contribution is 6.11. The molecule has 3 rings (SSSR count). The number of nitrogens with zero attached hydrogens (tertiary/aromatic N) is 1. The number of methoxy groups -OCH3 is 1. The van der Waals surface area contributed by atoms with Crippen LogP contribution < -0.4 is 15.1 Å². The molecule has 7 nitrogen and oxygen atoms in total. The van der Waals surface area contributed by atoms with Crippen LogP contribution in [0.3, 0.4) is 0 Å². The zero-order valence-corrected chi connectivity index (χ0v) is 16.6. The Morgan fingerprint density at radius 2 is 1.85 bits per heavy atom. The predicted octanol–water partition coefficient (Wildman–Crippen LogP) is -0.985. The number of aryl methyl sites for hydroxylation is 2. The monoisotopic (exact) mass is 374 g/mol. The number of fused-ring (bicyclic) bond motifs is 1. The molecule has 0 spiro atoms. The van der Waals surface area contributed by atoms with Crippen molar-refractivity contribution in [3.8, 4) is 0 Å². The number of anilines is 1. The zero-order valence-electron chi connectivity index (χ0n) is 16.6. The SMILES string of the molecule is CC[NH+]1CC[NH+](CC(=O)Nc2c(C(=O)OC)n(C)c3ccc(C)cc23)CC1. The van der Waals surface area contributed by atoms with Gasteiger partial charge in [0.05, 0.1) is 24.9 Å². The largest absolute Gasteiger partial charge is 0.464 e. The maximum absolute atomic E-state index is 12.7. The maximum Gasteiger partial charge on any atom is 0.356 e. The first kappa shape index (κ1) is 19.4. The van der Waals surface area contributed by atoms with E-state index in [1.807, 2.05) is 32.2 Å². The van der Waals surface area contributed by atoms with Gasteiger partial charge in [0.1, 0.15) is 26.2 Å². The molecular weight excluding hydrogens is 344 g/mol. The number of ether oxygens (including phenoxy) is 1. The second-order valence-corrected chi connectivity index (χ2v) is 7.37. The number of rotatable bonds is 5. The fraction of sp³-hybridized carbons (Fsp3) is 0.500. The van der Waals surface area contributed by atoms with Crippen LogP contribution >= 0.6 is 0 Å². The number of carbonyl (C=O) groups is 2. The Hall–Kier alpha value is -2.38. The standard InChI is InChI=1S/C20H28N4O3/c1-5-23-8-10-24(11-9-23)13-17(25)21-18-15-12-14(2)6-7-16(15)22(3)19(18)20(26)27-4/h6-7,12H,5,8-11,13H2,1-4H3,(H,21,25)/p+2. The minimum atomic E-state index is -0.450. The Labute approximate surface area is 159 Å². The molecule has 146 valence electrons. The summed E-state index contributed by atoms with van der Waals surface area (Å²) in [6.45, 7) is 9.93. The molecule has 1 aromatic heterocycles. The highest BCUT2D eigenvalue weighted by Gasteiger charge is 2.27. The molecule has 2 heterocycles. The summed E-state index contributed by atoms with van der Waals surface area (Å²) in [4.78, 5) is 28.0. The minimum absolute atomic E-state index is 0.0656. The average molecular weight is 374 g/mol. The van der Waals surface area contributed by atoms with Crippen LogP contribution in [-0.4, -0.2) is 62.8 Å². The average Bonchev–Trinajstić information content (AvgIpc) is 2.93. The number of benzene rings is 1. The summed E-state index contributed by atoms with van der Waals surface area (Å²) >= 11 is 0. The fourth-order valence-corrected chi connectivity index (χ4v) is 3.92. The van der Waals surface area contributed by atoms with Crippen molar-refractivity contribution in [1.29, 1.82) is 0 Å². The van der Waals surface area contributed by atoms with Crippen LogP contribution in [0.4, 0.5) is 5.69 Å². The zero-order chi connectivity index (χ0) is 19.6. The summed E-state index contributed by atoms with van der Waals surface area (Å²) in [6, 6.07) is 5.95. The summed E-state index contributed by atoms with van der Waals surface area (Å²) in [5, 5.41) is 3.86. The number of carbonyl (C=O) groups excluding carboxylic acids is 2. The van der Waals surface area contributed by atoms with Crippen molar-refractivity contribution in [2.45, 2.75) is 13.8 Å². The van der Waals surface area contributed by atoms with Crippen LogP contribution in [0.15, 0.2) is 18.2 Å². The van der Waals surface area contributed by atoms with Crippen molar-refractivity contribution < 1.29 is 24.1 Å². The highest BCUT2D eigenvalue weighted by atomic mass is 16.5. The van der Waals surface area contributed by atoms with E-state index in [0.29, 0.717) is 17.9 Å². The lowest BCUT2D eigenvalue weighted by Crippen LogP contribution is -3.28. The molecule has 27 heavy (non-hydrogen) atoms. The third-order valence-corrected chi connectivity index (χ3v) is 5.57. The molecule has 0 bridgehead atoms. The molecule has 2 aromatic rings. The van der Waals surface area contributed by atoms with Gasteiger partial charge in [0, 0.05) is 12.4 Å². The molecule has 3 N–H and O–H groups in total. The van der Waals surface area contributed by atoms with Gasteiger partial charge in [-0.2, -0.15) is 0 Å². The Morgan fingerprint density at radius 1 is 1.19 bits per heavy atom. The quantitative estimate of drug-likeness (QED) is 0.589. The smallest absolute Gasteiger partial charge is 0.356 e. The molecule has 1 fully saturated rings. The lowest BCUT2D eigenvalue weighted by Gasteiger charge is -2.28. The minimum Gasteiger partial charge on any atom is -0.464 e. The number of aromatic nitrogens is 1. The Morgan fingerprint density at radius 3 is 2.48 bits per heavy atom. The number of amides is 1. The summed E-state index contributed by atoms with van der Waals surface area (Å²) in [5.41, 5.74) is 2.89. The van der Waals surface area contributed by atoms with Gasteiger partial charge in [-0.05, 0) is 26.0 Å². The van der Waals surface area contributed by atoms with Gasteiger partial charge in [0.25, 0.3) is 5.91 Å². The van der Waals surface area contributed by atoms with E-state index in [1.54, 1.807) is 9.47 Å². The molecule has 1 aliphatic rings. The molecule has 1 amide bonds. The van der Waals surface area contributed by atoms with Gasteiger partial charge in [-0.1, -0.05) is 11.6 Å². The van der Waals surface area contributed by atoms with Crippen molar-refractivity contribution in [2.24, 2.45) is 7.05 Å². The van der Waals surface area contributed by atoms with Gasteiger partial charge in [0.15, 0.2) is 12.2 Å². The topological polar surface area (TPSA) is 69.2 Å². The summed E-state index contributed by atoms with van der Waals surface area (Å²) in [6.07, 6.45) is 0. The van der Waals surface area contributed by atoms with E-state index >= 15 is 0 Å². The summed E-state index contributed by atoms with van der Waals surface area (Å²) in [5.74, 6) is -0.515. The number of hydrogen-bond donors (Lipinski definition) is 3. The van der Waals surface area contributed by atoms with E-state index in [4.69, 9.17) is 4.74 Å². The van der Waals surface area contributed by atoms with Crippen LogP contribution in [0.25, 0.3) is 10.9 Å². The number of nitrogens with one attached hydrogen (secondary N) is 3. The molecular formula is C20H30N4O3+2. The van der Waals surface area contributed by atoms with Crippen molar-refractivity contribution in [2.75, 3.05) is 51.7 Å². The van der Waals surface area contributed by atoms with E-state index in [2.05, 4.69) is 12.2 Å². The number of piperazine rings is 1. The number of likely N-dealkylation sites (N-methyl/N-ethyl adjacent to an activating group) is 1. The van der Waals surface area contributed by atoms with Crippen LogP contribution in [0.1, 0.15) is 23.0 Å². The fourth-order valence-electron chi connectivity index (χ4n) is 3.92. The lowest BCUT2D eigenvalue weighted by atomic mass is 10.1. The van der Waals surface area contributed by atoms with Crippen molar-refractivity contribution in [1.82, 2.24) is 4.57 Å². The molecule has 1 aromatic carbocycles. The van der Waals surface area contributed by atoms with Crippen LogP contribution in [-0.2, 0) is 16.6 Å². The number of esters is 1. The third kappa shape index (κ3) is 3.99. The molecule has 0 aliphatic carbocycles. The molecule has 0 unspecified atom stereocenters. The van der Waals surface area contributed by atoms with E-state index < -0.39 is 5.97 Å². The summed E-state index contributed by atoms with van der Waals surface area (Å²) in [7, 11) is 3.17. The Kier molecular flexibility index (Phi) is 5.82. The van der Waals surface area contributed by atoms with Gasteiger partial charge < -0.3 is 24.4 Å². The van der Waals surface area contributed by atoms with E-state index in [1.165, 1.54) is 12.0 Å². The van der Waals surface area contributed by atoms with Gasteiger partial charge in [-0.25, -0.2) is 4.79 Å². The van der Waals surface area contributed by atoms with Gasteiger partial charge in [-0.15, -0.1) is 0 Å². The third-order valence-electron chi connectivity index (χ3n) is 5.57. The molecule has 0 radical (unpaired) electrons. The Balaban J connectivity index is 1.84. The molecule has 1 saturated heterocycles. The second kappa shape index (κ2) is 8.10. The van der Waals surface area contributed by atoms with Gasteiger partial charge in [-0.3, -0.25) is 4.79 Å². The first-order chi connectivity index (χ1) is 12.9. The van der Waals surface area contributed by atoms with E-state index in [9.17, 15) is 9.59 Å². The first-order valence-corrected chi connectivity index (χ1v) is 9.59. The van der Waals surface area contributed by atoms with Gasteiger partial charge >= 0.3 is 5.97 Å². The summed E-state index contributed by atoms with van der Waals surface area (Å²) < 4.78 is 6.74. The highest BCUT2D eigenvalue weighted by Crippen LogP contribution is 2.31. The molecule has 0 saturated carbocycles. The Bertz CT molecular complexity index is 851. The van der Waals surface area contributed by atoms with Crippen molar-refractivity contribution >= 4 is 28.5 Å². The number of quaternary nitrogens is 2. The van der Waals surface area contributed by atoms with Gasteiger partial charge in [0.2, 0.25) is 0 Å². The van der Waals surface area contributed by atoms with Crippen molar-refractivity contribution in [3.63, 3.8) is 0 Å². The second-order valence-electron chi connectivity index (χ2n) is 7.37. The maximum atomic E-state index is 12.7. The van der Waals surface area contributed by atoms with Crippen molar-refractivity contribution in [3.05, 3.63) is 29.5 Å². The molecule has 0 atom stereocenters. The molecule has 1 aliphatic heterocycles. The molecule has 7 heteroatoms. The van der Waals surface area contributed by atoms with Crippen LogP contribution in [0.5, 0.6) is 0 Å². The first-order valence-electron chi connectivity index (χ1n) is 9.59. The number of hydrogen-bond acceptors (Lipinski definition) is 3. The predicted molar refractivity (Wildman–Crippen MR) is 104 cm³/mol.